The molecule has 34 heavy (non-hydrogen) atoms. The molecule has 0 bridgehead atoms. The van der Waals surface area contributed by atoms with Crippen LogP contribution in [0, 0.1) is 6.92 Å². The van der Waals surface area contributed by atoms with Crippen LogP contribution in [0.15, 0.2) is 79.0 Å². The zero-order chi connectivity index (χ0) is 24.1. The number of thiazole rings is 1. The van der Waals surface area contributed by atoms with E-state index in [1.807, 2.05) is 91.5 Å². The van der Waals surface area contributed by atoms with Gasteiger partial charge in [0.2, 0.25) is 5.91 Å². The Bertz CT molecular complexity index is 1290. The number of anilines is 1. The zero-order valence-electron chi connectivity index (χ0n) is 19.4. The van der Waals surface area contributed by atoms with Gasteiger partial charge in [-0.05, 0) is 49.2 Å². The van der Waals surface area contributed by atoms with Crippen LogP contribution in [0.1, 0.15) is 46.4 Å². The first-order chi connectivity index (χ1) is 16.4. The van der Waals surface area contributed by atoms with Gasteiger partial charge in [-0.25, -0.2) is 4.98 Å². The Kier molecular flexibility index (Phi) is 7.13. The van der Waals surface area contributed by atoms with Crippen LogP contribution < -0.4 is 5.32 Å². The van der Waals surface area contributed by atoms with Crippen LogP contribution in [-0.2, 0) is 11.3 Å². The SMILES string of the molecule is CC(=O)Nc1cccc(C(C)N(Cc2ccccc2)C(=O)c2sc(-c3ccccn3)nc2C)c1. The number of nitrogens with one attached hydrogen (secondary N) is 1. The van der Waals surface area contributed by atoms with Gasteiger partial charge in [0.25, 0.3) is 5.91 Å². The van der Waals surface area contributed by atoms with E-state index in [9.17, 15) is 9.59 Å². The Hall–Kier alpha value is -3.84. The van der Waals surface area contributed by atoms with E-state index < -0.39 is 0 Å². The van der Waals surface area contributed by atoms with Gasteiger partial charge in [0.1, 0.15) is 9.88 Å². The second-order valence-corrected chi connectivity index (χ2v) is 9.05. The minimum atomic E-state index is -0.235. The summed E-state index contributed by atoms with van der Waals surface area (Å²) in [7, 11) is 0. The fraction of sp³-hybridized carbons (Fsp3) is 0.185. The molecule has 0 saturated heterocycles. The maximum absolute atomic E-state index is 13.9. The second-order valence-electron chi connectivity index (χ2n) is 8.05. The van der Waals surface area contributed by atoms with Crippen molar-refractivity contribution < 1.29 is 9.59 Å². The number of aryl methyl sites for hydroxylation is 1. The number of carbonyl (C=O) groups excluding carboxylic acids is 2. The molecule has 1 N–H and O–H groups in total. The average molecular weight is 471 g/mol. The Morgan fingerprint density at radius 2 is 1.79 bits per heavy atom. The van der Waals surface area contributed by atoms with E-state index in [4.69, 9.17) is 0 Å². The smallest absolute Gasteiger partial charge is 0.266 e. The molecule has 0 saturated carbocycles. The predicted molar refractivity (Wildman–Crippen MR) is 136 cm³/mol. The third-order valence-corrected chi connectivity index (χ3v) is 6.66. The van der Waals surface area contributed by atoms with Gasteiger partial charge in [-0.2, -0.15) is 0 Å². The average Bonchev–Trinajstić information content (AvgIpc) is 3.24. The molecule has 2 heterocycles. The molecule has 0 spiro atoms. The quantitative estimate of drug-likeness (QED) is 0.366. The summed E-state index contributed by atoms with van der Waals surface area (Å²) in [5.41, 5.74) is 4.11. The summed E-state index contributed by atoms with van der Waals surface area (Å²) >= 11 is 1.36. The number of nitrogens with zero attached hydrogens (tertiary/aromatic N) is 3. The van der Waals surface area contributed by atoms with Gasteiger partial charge in [-0.15, -0.1) is 11.3 Å². The summed E-state index contributed by atoms with van der Waals surface area (Å²) in [4.78, 5) is 36.9. The number of hydrogen-bond donors (Lipinski definition) is 1. The second kappa shape index (κ2) is 10.4. The highest BCUT2D eigenvalue weighted by molar-refractivity contribution is 7.17. The van der Waals surface area contributed by atoms with E-state index in [1.54, 1.807) is 6.20 Å². The molecular weight excluding hydrogens is 444 g/mol. The van der Waals surface area contributed by atoms with Crippen LogP contribution in [0.2, 0.25) is 0 Å². The summed E-state index contributed by atoms with van der Waals surface area (Å²) in [5.74, 6) is -0.220. The third-order valence-electron chi connectivity index (χ3n) is 5.49. The Balaban J connectivity index is 1.70. The molecule has 6 nitrogen and oxygen atoms in total. The van der Waals surface area contributed by atoms with E-state index in [-0.39, 0.29) is 17.9 Å². The monoisotopic (exact) mass is 470 g/mol. The highest BCUT2D eigenvalue weighted by Crippen LogP contribution is 2.32. The lowest BCUT2D eigenvalue weighted by Gasteiger charge is -2.30. The van der Waals surface area contributed by atoms with Gasteiger partial charge in [0.15, 0.2) is 0 Å². The maximum Gasteiger partial charge on any atom is 0.266 e. The maximum atomic E-state index is 13.9. The first-order valence-electron chi connectivity index (χ1n) is 11.0. The van der Waals surface area contributed by atoms with Gasteiger partial charge in [0.05, 0.1) is 17.4 Å². The van der Waals surface area contributed by atoms with Gasteiger partial charge >= 0.3 is 0 Å². The highest BCUT2D eigenvalue weighted by Gasteiger charge is 2.27. The van der Waals surface area contributed by atoms with Crippen LogP contribution in [0.3, 0.4) is 0 Å². The number of amides is 2. The zero-order valence-corrected chi connectivity index (χ0v) is 20.2. The molecule has 1 atom stereocenters. The summed E-state index contributed by atoms with van der Waals surface area (Å²) in [6.07, 6.45) is 1.72. The van der Waals surface area contributed by atoms with E-state index in [0.717, 1.165) is 21.8 Å². The molecule has 0 radical (unpaired) electrons. The van der Waals surface area contributed by atoms with Crippen molar-refractivity contribution in [2.24, 2.45) is 0 Å². The van der Waals surface area contributed by atoms with Crippen molar-refractivity contribution in [3.8, 4) is 10.7 Å². The van der Waals surface area contributed by atoms with Crippen molar-refractivity contribution in [1.82, 2.24) is 14.9 Å². The van der Waals surface area contributed by atoms with Crippen molar-refractivity contribution in [3.63, 3.8) is 0 Å². The fourth-order valence-corrected chi connectivity index (χ4v) is 4.75. The van der Waals surface area contributed by atoms with Crippen LogP contribution >= 0.6 is 11.3 Å². The van der Waals surface area contributed by atoms with Crippen molar-refractivity contribution >= 4 is 28.8 Å². The van der Waals surface area contributed by atoms with Crippen molar-refractivity contribution in [1.29, 1.82) is 0 Å². The van der Waals surface area contributed by atoms with Crippen LogP contribution in [0.5, 0.6) is 0 Å². The molecule has 2 aromatic carbocycles. The van der Waals surface area contributed by atoms with Crippen LogP contribution in [0.4, 0.5) is 5.69 Å². The third kappa shape index (κ3) is 5.38. The van der Waals surface area contributed by atoms with Gasteiger partial charge < -0.3 is 10.2 Å². The number of carbonyl (C=O) groups is 2. The molecule has 0 aliphatic heterocycles. The van der Waals surface area contributed by atoms with Crippen molar-refractivity contribution in [3.05, 3.63) is 101 Å². The number of hydrogen-bond acceptors (Lipinski definition) is 5. The number of benzene rings is 2. The molecule has 0 fully saturated rings. The van der Waals surface area contributed by atoms with Crippen LogP contribution in [0.25, 0.3) is 10.7 Å². The molecule has 172 valence electrons. The molecule has 2 amide bonds. The number of aromatic nitrogens is 2. The standard InChI is InChI=1S/C27H26N4O2S/c1-18-25(34-26(29-18)24-14-7-8-15-28-24)27(33)31(17-21-10-5-4-6-11-21)19(2)22-12-9-13-23(16-22)30-20(3)32/h4-16,19H,17H2,1-3H3,(H,30,32). The predicted octanol–water partition coefficient (Wildman–Crippen LogP) is 5.88. The lowest BCUT2D eigenvalue weighted by atomic mass is 10.0. The summed E-state index contributed by atoms with van der Waals surface area (Å²) in [6.45, 7) is 5.79. The number of rotatable bonds is 7. The van der Waals surface area contributed by atoms with E-state index >= 15 is 0 Å². The molecular formula is C27H26N4O2S. The molecule has 1 unspecified atom stereocenters. The molecule has 7 heteroatoms. The van der Waals surface area contributed by atoms with Gasteiger partial charge in [0, 0.05) is 25.4 Å². The molecule has 4 aromatic rings. The molecule has 0 aliphatic rings. The molecule has 0 aliphatic carbocycles. The van der Waals surface area contributed by atoms with E-state index in [2.05, 4.69) is 15.3 Å². The highest BCUT2D eigenvalue weighted by atomic mass is 32.1. The molecule has 2 aromatic heterocycles. The normalized spacial score (nSPS) is 11.6. The van der Waals surface area contributed by atoms with Gasteiger partial charge in [-0.1, -0.05) is 48.5 Å². The van der Waals surface area contributed by atoms with E-state index in [1.165, 1.54) is 18.3 Å². The lowest BCUT2D eigenvalue weighted by molar-refractivity contribution is -0.114. The van der Waals surface area contributed by atoms with Crippen LogP contribution in [-0.4, -0.2) is 26.7 Å². The molecule has 4 rings (SSSR count). The Labute approximate surface area is 203 Å². The lowest BCUT2D eigenvalue weighted by Crippen LogP contribution is -2.33. The van der Waals surface area contributed by atoms with Gasteiger partial charge in [-0.3, -0.25) is 14.6 Å². The first-order valence-corrected chi connectivity index (χ1v) is 11.9. The summed E-state index contributed by atoms with van der Waals surface area (Å²) in [6, 6.07) is 23.0. The number of pyridine rings is 1. The fourth-order valence-electron chi connectivity index (χ4n) is 3.75. The minimum Gasteiger partial charge on any atom is -0.327 e. The summed E-state index contributed by atoms with van der Waals surface area (Å²) < 4.78 is 0. The Morgan fingerprint density at radius 3 is 2.50 bits per heavy atom. The Morgan fingerprint density at radius 1 is 1.03 bits per heavy atom. The largest absolute Gasteiger partial charge is 0.327 e. The minimum absolute atomic E-state index is 0.0848. The van der Waals surface area contributed by atoms with Crippen molar-refractivity contribution in [2.45, 2.75) is 33.4 Å². The van der Waals surface area contributed by atoms with Crippen molar-refractivity contribution in [2.75, 3.05) is 5.32 Å². The van der Waals surface area contributed by atoms with E-state index in [0.29, 0.717) is 22.8 Å². The topological polar surface area (TPSA) is 75.2 Å². The summed E-state index contributed by atoms with van der Waals surface area (Å²) in [5, 5.41) is 3.55. The first kappa shape index (κ1) is 23.3.